The Balaban J connectivity index is 1.59. The molecule has 9 heterocycles. The second kappa shape index (κ2) is 4.61. The number of pyridine rings is 2. The summed E-state index contributed by atoms with van der Waals surface area (Å²) in [5, 5.41) is 5.96. The fraction of sp³-hybridized carbons (Fsp3) is 0.0417. The molecule has 0 radical (unpaired) electrons. The molecule has 158 valence electrons. The summed E-state index contributed by atoms with van der Waals surface area (Å²) in [5.74, 6) is 2.94. The summed E-state index contributed by atoms with van der Waals surface area (Å²) < 4.78 is 19.6. The van der Waals surface area contributed by atoms with Crippen molar-refractivity contribution in [2.45, 2.75) is 6.92 Å². The van der Waals surface area contributed by atoms with Gasteiger partial charge in [0.15, 0.2) is 28.7 Å². The van der Waals surface area contributed by atoms with Gasteiger partial charge < -0.3 is 9.47 Å². The molecule has 1 aromatic carbocycles. The molecule has 10 rings (SSSR count). The summed E-state index contributed by atoms with van der Waals surface area (Å²) in [7, 11) is 0. The number of aryl methyl sites for hydroxylation is 1. The Morgan fingerprint density at radius 2 is 1.97 bits per heavy atom. The largest absolute Gasteiger partial charge is 0.446 e. The first-order valence-corrected chi connectivity index (χ1v) is 11.0. The Bertz CT molecular complexity index is 2000. The minimum atomic E-state index is 0.134. The van der Waals surface area contributed by atoms with Crippen LogP contribution in [0.1, 0.15) is 5.69 Å². The maximum atomic E-state index is 6.51. The standard InChI is InChI=1S/C24H13N8O2/c1-12-9-15-14-3-2-4-19-30(14)32(31(15)27-12)23-17(34-19)6-5-16-22(23)29-21-13(10-25-11-18(21)33-16)20-24(29)28(32)8-7-26-20/h2-11H,1H3/q+3. The zero-order chi connectivity index (χ0) is 21.9. The average Bonchev–Trinajstić information content (AvgIpc) is 3.49. The minimum Gasteiger partial charge on any atom is -0.446 e. The van der Waals surface area contributed by atoms with Crippen LogP contribution in [0.15, 0.2) is 61.2 Å². The quantitative estimate of drug-likeness (QED) is 0.265. The summed E-state index contributed by atoms with van der Waals surface area (Å²) >= 11 is 0. The number of aromatic nitrogens is 7. The van der Waals surface area contributed by atoms with Crippen molar-refractivity contribution in [3.05, 3.63) is 66.9 Å². The van der Waals surface area contributed by atoms with E-state index in [1.54, 1.807) is 6.20 Å². The Hall–Kier alpha value is -4.83. The highest BCUT2D eigenvalue weighted by Crippen LogP contribution is 2.56. The lowest BCUT2D eigenvalue weighted by atomic mass is 10.1. The average molecular weight is 445 g/mol. The normalized spacial score (nSPS) is 18.7. The van der Waals surface area contributed by atoms with Gasteiger partial charge in [0, 0.05) is 21.7 Å². The lowest BCUT2D eigenvalue weighted by molar-refractivity contribution is -1.05. The smallest absolute Gasteiger partial charge is 0.438 e. The molecule has 0 N–H and O–H groups in total. The van der Waals surface area contributed by atoms with Crippen molar-refractivity contribution < 1.29 is 18.8 Å². The highest BCUT2D eigenvalue weighted by Gasteiger charge is 2.72. The highest BCUT2D eigenvalue weighted by atomic mass is 16.5. The van der Waals surface area contributed by atoms with Crippen LogP contribution in [-0.4, -0.2) is 24.4 Å². The molecule has 5 aromatic heterocycles. The first-order chi connectivity index (χ1) is 16.8. The van der Waals surface area contributed by atoms with E-state index in [-0.39, 0.29) is 4.81 Å². The van der Waals surface area contributed by atoms with Crippen molar-refractivity contribution >= 4 is 27.8 Å². The molecule has 1 atom stereocenters. The summed E-state index contributed by atoms with van der Waals surface area (Å²) in [4.78, 5) is 11.4. The fourth-order valence-electron chi connectivity index (χ4n) is 6.20. The zero-order valence-electron chi connectivity index (χ0n) is 17.7. The molecule has 0 bridgehead atoms. The second-order valence-corrected chi connectivity index (χ2v) is 8.97. The van der Waals surface area contributed by atoms with Crippen LogP contribution in [0.25, 0.3) is 39.1 Å². The van der Waals surface area contributed by atoms with Crippen LogP contribution in [0, 0.1) is 6.92 Å². The van der Waals surface area contributed by atoms with Gasteiger partial charge in [0.1, 0.15) is 4.68 Å². The number of hydrogen-bond donors (Lipinski definition) is 0. The number of hydrogen-bond acceptors (Lipinski definition) is 5. The molecule has 34 heavy (non-hydrogen) atoms. The van der Waals surface area contributed by atoms with E-state index in [1.165, 1.54) is 0 Å². The Labute approximate surface area is 190 Å². The number of rotatable bonds is 0. The van der Waals surface area contributed by atoms with Gasteiger partial charge in [0.05, 0.1) is 29.5 Å². The molecule has 4 aliphatic heterocycles. The minimum absolute atomic E-state index is 0.134. The van der Waals surface area contributed by atoms with Gasteiger partial charge in [-0.05, 0) is 31.2 Å². The zero-order valence-corrected chi connectivity index (χ0v) is 17.7. The lowest BCUT2D eigenvalue weighted by Crippen LogP contribution is -2.88. The maximum Gasteiger partial charge on any atom is 0.438 e. The first kappa shape index (κ1) is 15.9. The van der Waals surface area contributed by atoms with Gasteiger partial charge in [-0.2, -0.15) is 4.57 Å². The van der Waals surface area contributed by atoms with Crippen LogP contribution >= 0.6 is 0 Å². The third-order valence-electron chi connectivity index (χ3n) is 7.30. The van der Waals surface area contributed by atoms with Gasteiger partial charge in [0.2, 0.25) is 16.3 Å². The van der Waals surface area contributed by atoms with Gasteiger partial charge in [-0.25, -0.2) is 4.98 Å². The van der Waals surface area contributed by atoms with Crippen molar-refractivity contribution in [1.82, 2.24) is 29.2 Å². The van der Waals surface area contributed by atoms with E-state index >= 15 is 0 Å². The van der Waals surface area contributed by atoms with E-state index in [1.807, 2.05) is 49.8 Å². The van der Waals surface area contributed by atoms with Crippen molar-refractivity contribution in [3.8, 4) is 40.2 Å². The monoisotopic (exact) mass is 445 g/mol. The number of nitrogens with zero attached hydrogens (tertiary/aromatic N) is 8. The van der Waals surface area contributed by atoms with Crippen molar-refractivity contribution in [2.24, 2.45) is 0 Å². The maximum absolute atomic E-state index is 6.51. The number of ether oxygens (including phenoxy) is 2. The molecule has 1 unspecified atom stereocenters. The van der Waals surface area contributed by atoms with E-state index in [2.05, 4.69) is 35.8 Å². The second-order valence-electron chi connectivity index (χ2n) is 8.97. The Morgan fingerprint density at radius 1 is 1.03 bits per heavy atom. The fourth-order valence-corrected chi connectivity index (χ4v) is 6.20. The SMILES string of the molecule is Cc1cc2n(n1)[N+]13c4c(ccc5c4-n4c6c(cncc6c6ncc[n+]1c64)O5)Oc1cccc-2[n+]13. The Kier molecular flexibility index (Phi) is 2.15. The van der Waals surface area contributed by atoms with Gasteiger partial charge in [-0.15, -0.1) is 5.10 Å². The number of fused-ring (bicyclic) bond motifs is 3. The predicted molar refractivity (Wildman–Crippen MR) is 117 cm³/mol. The Morgan fingerprint density at radius 3 is 2.94 bits per heavy atom. The molecule has 0 saturated carbocycles. The molecule has 10 nitrogen and oxygen atoms in total. The molecule has 0 amide bonds. The van der Waals surface area contributed by atoms with Gasteiger partial charge >= 0.3 is 22.9 Å². The van der Waals surface area contributed by atoms with E-state index in [9.17, 15) is 0 Å². The van der Waals surface area contributed by atoms with Gasteiger partial charge in [0.25, 0.3) is 5.69 Å². The highest BCUT2D eigenvalue weighted by molar-refractivity contribution is 6.08. The van der Waals surface area contributed by atoms with E-state index in [0.29, 0.717) is 5.75 Å². The third-order valence-corrected chi connectivity index (χ3v) is 7.30. The molecular formula is C24H13N8O2+3. The van der Waals surface area contributed by atoms with Crippen molar-refractivity contribution in [3.63, 3.8) is 0 Å². The molecule has 10 heteroatoms. The molecule has 1 spiro atoms. The molecule has 0 aliphatic carbocycles. The number of quaternary nitrogens is 1. The van der Waals surface area contributed by atoms with Crippen LogP contribution < -0.4 is 23.6 Å². The van der Waals surface area contributed by atoms with Crippen molar-refractivity contribution in [2.75, 3.05) is 0 Å². The summed E-state index contributed by atoms with van der Waals surface area (Å²) in [6, 6.07) is 12.2. The predicted octanol–water partition coefficient (Wildman–Crippen LogP) is 2.86. The summed E-state index contributed by atoms with van der Waals surface area (Å²) in [6.45, 7) is 2.02. The molecule has 4 aliphatic rings. The lowest BCUT2D eigenvalue weighted by Gasteiger charge is -2.31. The van der Waals surface area contributed by atoms with Crippen LogP contribution in [0.2, 0.25) is 0 Å². The topological polar surface area (TPSA) is 74.8 Å². The van der Waals surface area contributed by atoms with Crippen LogP contribution in [0.4, 0.5) is 5.69 Å². The molecule has 0 saturated heterocycles. The summed E-state index contributed by atoms with van der Waals surface area (Å²) in [5.41, 5.74) is 7.57. The van der Waals surface area contributed by atoms with Crippen LogP contribution in [-0.2, 0) is 0 Å². The van der Waals surface area contributed by atoms with E-state index < -0.39 is 0 Å². The van der Waals surface area contributed by atoms with E-state index in [0.717, 1.165) is 67.9 Å². The molecular weight excluding hydrogens is 432 g/mol. The first-order valence-electron chi connectivity index (χ1n) is 11.0. The van der Waals surface area contributed by atoms with E-state index in [4.69, 9.17) is 19.6 Å². The molecule has 0 fully saturated rings. The van der Waals surface area contributed by atoms with Crippen LogP contribution in [0.5, 0.6) is 23.1 Å². The molecule has 6 aromatic rings. The van der Waals surface area contributed by atoms with Crippen molar-refractivity contribution in [1.29, 1.82) is 0 Å². The van der Waals surface area contributed by atoms with Gasteiger partial charge in [-0.1, -0.05) is 0 Å². The summed E-state index contributed by atoms with van der Waals surface area (Å²) in [6.07, 6.45) is 7.47. The third kappa shape index (κ3) is 1.33. The number of benzene rings is 1. The van der Waals surface area contributed by atoms with Crippen LogP contribution in [0.3, 0.4) is 0 Å². The van der Waals surface area contributed by atoms with Gasteiger partial charge in [-0.3, -0.25) is 4.98 Å².